The molecule has 25 heavy (non-hydrogen) atoms. The van der Waals surface area contributed by atoms with Crippen molar-refractivity contribution in [2.24, 2.45) is 5.73 Å². The maximum atomic E-state index is 11.9. The summed E-state index contributed by atoms with van der Waals surface area (Å²) in [5.74, 6) is -0.0836. The molecule has 1 aromatic heterocycles. The van der Waals surface area contributed by atoms with Crippen LogP contribution in [0, 0.1) is 11.3 Å². The molecule has 1 amide bonds. The molecule has 0 aliphatic heterocycles. The molecule has 0 spiro atoms. The van der Waals surface area contributed by atoms with E-state index >= 15 is 0 Å². The molecule has 0 saturated heterocycles. The van der Waals surface area contributed by atoms with Crippen LogP contribution in [0.4, 0.5) is 0 Å². The SMILES string of the molecule is N#Cc1cc2ccccc2n1-c1ccc(CNC(=O)C2(N)CC2)cc1. The Morgan fingerprint density at radius 3 is 2.60 bits per heavy atom. The van der Waals surface area contributed by atoms with Crippen molar-refractivity contribution in [2.45, 2.75) is 24.9 Å². The number of rotatable bonds is 4. The lowest BCUT2D eigenvalue weighted by Gasteiger charge is -2.11. The lowest BCUT2D eigenvalue weighted by Crippen LogP contribution is -2.42. The lowest BCUT2D eigenvalue weighted by atomic mass is 10.2. The van der Waals surface area contributed by atoms with E-state index in [2.05, 4.69) is 11.4 Å². The van der Waals surface area contributed by atoms with E-state index in [4.69, 9.17) is 5.73 Å². The number of nitrogens with one attached hydrogen (secondary N) is 1. The normalized spacial score (nSPS) is 14.9. The van der Waals surface area contributed by atoms with Crippen LogP contribution < -0.4 is 11.1 Å². The number of carbonyl (C=O) groups excluding carboxylic acids is 1. The zero-order chi connectivity index (χ0) is 17.4. The smallest absolute Gasteiger partial charge is 0.240 e. The molecule has 4 rings (SSSR count). The van der Waals surface area contributed by atoms with Gasteiger partial charge in [-0.05, 0) is 42.7 Å². The quantitative estimate of drug-likeness (QED) is 0.771. The number of carbonyl (C=O) groups is 1. The van der Waals surface area contributed by atoms with E-state index in [9.17, 15) is 10.1 Å². The average Bonchev–Trinajstić information content (AvgIpc) is 3.28. The molecule has 1 saturated carbocycles. The highest BCUT2D eigenvalue weighted by Gasteiger charge is 2.45. The minimum atomic E-state index is -0.647. The van der Waals surface area contributed by atoms with Gasteiger partial charge in [0.25, 0.3) is 0 Å². The largest absolute Gasteiger partial charge is 0.350 e. The van der Waals surface area contributed by atoms with Crippen molar-refractivity contribution >= 4 is 16.8 Å². The lowest BCUT2D eigenvalue weighted by molar-refractivity contribution is -0.123. The van der Waals surface area contributed by atoms with E-state index in [0.29, 0.717) is 12.2 Å². The number of nitriles is 1. The standard InChI is InChI=1S/C20H18N4O/c21-12-17-11-15-3-1-2-4-18(15)24(17)16-7-5-14(6-8-16)13-23-19(25)20(22)9-10-20/h1-8,11H,9-10,13,22H2,(H,23,25). The van der Waals surface area contributed by atoms with Gasteiger partial charge in [0.15, 0.2) is 0 Å². The van der Waals surface area contributed by atoms with Crippen LogP contribution in [0.1, 0.15) is 24.1 Å². The van der Waals surface area contributed by atoms with Crippen LogP contribution in [0.3, 0.4) is 0 Å². The van der Waals surface area contributed by atoms with Crippen LogP contribution >= 0.6 is 0 Å². The fourth-order valence-corrected chi connectivity index (χ4v) is 3.00. The molecule has 0 atom stereocenters. The number of fused-ring (bicyclic) bond motifs is 1. The Bertz CT molecular complexity index is 991. The van der Waals surface area contributed by atoms with E-state index in [0.717, 1.165) is 35.0 Å². The van der Waals surface area contributed by atoms with Crippen LogP contribution in [0.5, 0.6) is 0 Å². The van der Waals surface area contributed by atoms with Gasteiger partial charge in [-0.1, -0.05) is 30.3 Å². The van der Waals surface area contributed by atoms with Gasteiger partial charge in [0, 0.05) is 17.6 Å². The monoisotopic (exact) mass is 330 g/mol. The molecule has 0 radical (unpaired) electrons. The van der Waals surface area contributed by atoms with Gasteiger partial charge in [0.2, 0.25) is 5.91 Å². The number of hydrogen-bond donors (Lipinski definition) is 2. The highest BCUT2D eigenvalue weighted by Crippen LogP contribution is 2.32. The minimum absolute atomic E-state index is 0.0836. The van der Waals surface area contributed by atoms with Gasteiger partial charge in [-0.3, -0.25) is 4.79 Å². The highest BCUT2D eigenvalue weighted by atomic mass is 16.2. The first-order valence-corrected chi connectivity index (χ1v) is 8.28. The number of nitrogens with zero attached hydrogens (tertiary/aromatic N) is 2. The van der Waals surface area contributed by atoms with E-state index < -0.39 is 5.54 Å². The summed E-state index contributed by atoms with van der Waals surface area (Å²) in [6, 6.07) is 19.9. The molecule has 5 heteroatoms. The molecule has 3 aromatic rings. The third-order valence-corrected chi connectivity index (χ3v) is 4.71. The number of nitrogens with two attached hydrogens (primary N) is 1. The average molecular weight is 330 g/mol. The summed E-state index contributed by atoms with van der Waals surface area (Å²) < 4.78 is 1.94. The van der Waals surface area contributed by atoms with E-state index in [-0.39, 0.29) is 5.91 Å². The number of para-hydroxylation sites is 1. The summed E-state index contributed by atoms with van der Waals surface area (Å²) in [7, 11) is 0. The first-order valence-electron chi connectivity index (χ1n) is 8.28. The Morgan fingerprint density at radius 2 is 1.92 bits per heavy atom. The van der Waals surface area contributed by atoms with Gasteiger partial charge in [0.05, 0.1) is 11.1 Å². The summed E-state index contributed by atoms with van der Waals surface area (Å²) >= 11 is 0. The third-order valence-electron chi connectivity index (χ3n) is 4.71. The van der Waals surface area contributed by atoms with Gasteiger partial charge in [-0.2, -0.15) is 5.26 Å². The molecule has 1 fully saturated rings. The predicted octanol–water partition coefficient (Wildman–Crippen LogP) is 2.61. The van der Waals surface area contributed by atoms with Crippen molar-refractivity contribution in [3.8, 4) is 11.8 Å². The van der Waals surface area contributed by atoms with Crippen molar-refractivity contribution < 1.29 is 4.79 Å². The van der Waals surface area contributed by atoms with Gasteiger partial charge in [-0.25, -0.2) is 0 Å². The Balaban J connectivity index is 1.58. The number of benzene rings is 2. The summed E-state index contributed by atoms with van der Waals surface area (Å²) in [6.07, 6.45) is 1.52. The maximum absolute atomic E-state index is 11.9. The summed E-state index contributed by atoms with van der Waals surface area (Å²) in [5, 5.41) is 13.4. The van der Waals surface area contributed by atoms with E-state index in [1.165, 1.54) is 0 Å². The molecule has 2 aromatic carbocycles. The molecule has 1 aliphatic rings. The molecule has 1 heterocycles. The topological polar surface area (TPSA) is 83.8 Å². The van der Waals surface area contributed by atoms with Gasteiger partial charge >= 0.3 is 0 Å². The first-order chi connectivity index (χ1) is 12.1. The van der Waals surface area contributed by atoms with Crippen LogP contribution in [0.25, 0.3) is 16.6 Å². The third kappa shape index (κ3) is 2.77. The van der Waals surface area contributed by atoms with E-state index in [1.807, 2.05) is 59.2 Å². The van der Waals surface area contributed by atoms with Crippen molar-refractivity contribution in [3.63, 3.8) is 0 Å². The number of aromatic nitrogens is 1. The fraction of sp³-hybridized carbons (Fsp3) is 0.200. The first kappa shape index (κ1) is 15.4. The van der Waals surface area contributed by atoms with Crippen molar-refractivity contribution in [3.05, 3.63) is 65.9 Å². The summed E-state index contributed by atoms with van der Waals surface area (Å²) in [6.45, 7) is 0.454. The predicted molar refractivity (Wildman–Crippen MR) is 96.0 cm³/mol. The van der Waals surface area contributed by atoms with Crippen LogP contribution in [0.2, 0.25) is 0 Å². The second-order valence-electron chi connectivity index (χ2n) is 6.54. The van der Waals surface area contributed by atoms with Crippen molar-refractivity contribution in [2.75, 3.05) is 0 Å². The molecule has 3 N–H and O–H groups in total. The van der Waals surface area contributed by atoms with Gasteiger partial charge in [-0.15, -0.1) is 0 Å². The maximum Gasteiger partial charge on any atom is 0.240 e. The zero-order valence-electron chi connectivity index (χ0n) is 13.7. The van der Waals surface area contributed by atoms with Crippen molar-refractivity contribution in [1.82, 2.24) is 9.88 Å². The number of amides is 1. The summed E-state index contributed by atoms with van der Waals surface area (Å²) in [5.41, 5.74) is 8.75. The van der Waals surface area contributed by atoms with Crippen LogP contribution in [-0.2, 0) is 11.3 Å². The van der Waals surface area contributed by atoms with Crippen molar-refractivity contribution in [1.29, 1.82) is 5.26 Å². The fourth-order valence-electron chi connectivity index (χ4n) is 3.00. The van der Waals surface area contributed by atoms with Crippen LogP contribution in [-0.4, -0.2) is 16.0 Å². The molecule has 0 bridgehead atoms. The second kappa shape index (κ2) is 5.76. The Kier molecular flexibility index (Phi) is 3.56. The van der Waals surface area contributed by atoms with Crippen LogP contribution in [0.15, 0.2) is 54.6 Å². The van der Waals surface area contributed by atoms with Gasteiger partial charge in [0.1, 0.15) is 11.8 Å². The number of hydrogen-bond acceptors (Lipinski definition) is 3. The highest BCUT2D eigenvalue weighted by molar-refractivity contribution is 5.89. The van der Waals surface area contributed by atoms with E-state index in [1.54, 1.807) is 0 Å². The summed E-state index contributed by atoms with van der Waals surface area (Å²) in [4.78, 5) is 11.9. The Morgan fingerprint density at radius 1 is 1.20 bits per heavy atom. The Labute approximate surface area is 145 Å². The zero-order valence-corrected chi connectivity index (χ0v) is 13.7. The molecule has 0 unspecified atom stereocenters. The Hall–Kier alpha value is -3.10. The minimum Gasteiger partial charge on any atom is -0.350 e. The molecular weight excluding hydrogens is 312 g/mol. The molecular formula is C20H18N4O. The van der Waals surface area contributed by atoms with Gasteiger partial charge < -0.3 is 15.6 Å². The molecule has 5 nitrogen and oxygen atoms in total. The second-order valence-corrected chi connectivity index (χ2v) is 6.54. The molecule has 124 valence electrons. The molecule has 1 aliphatic carbocycles.